The molecule has 0 saturated carbocycles. The molecule has 1 aromatic carbocycles. The third kappa shape index (κ3) is 6.91. The molecule has 22 heavy (non-hydrogen) atoms. The first kappa shape index (κ1) is 18.5. The summed E-state index contributed by atoms with van der Waals surface area (Å²) in [5, 5.41) is 2.91. The van der Waals surface area contributed by atoms with E-state index in [9.17, 15) is 4.79 Å². The molecule has 5 nitrogen and oxygen atoms in total. The molecule has 1 rings (SSSR count). The van der Waals surface area contributed by atoms with Gasteiger partial charge in [0.1, 0.15) is 0 Å². The Balaban J connectivity index is 2.29. The molecule has 124 valence electrons. The second-order valence-electron chi connectivity index (χ2n) is 4.98. The van der Waals surface area contributed by atoms with E-state index in [0.717, 1.165) is 18.8 Å². The van der Waals surface area contributed by atoms with Gasteiger partial charge in [-0.1, -0.05) is 0 Å². The third-order valence-corrected chi connectivity index (χ3v) is 3.40. The maximum absolute atomic E-state index is 11.8. The fourth-order valence-corrected chi connectivity index (χ4v) is 2.15. The van der Waals surface area contributed by atoms with Crippen LogP contribution < -0.4 is 10.2 Å². The van der Waals surface area contributed by atoms with Gasteiger partial charge in [-0.3, -0.25) is 4.79 Å². The maximum atomic E-state index is 11.8. The molecule has 0 aliphatic rings. The minimum absolute atomic E-state index is 0.0194. The molecular formula is C17H28N2O3. The zero-order chi connectivity index (χ0) is 16.2. The van der Waals surface area contributed by atoms with Crippen molar-refractivity contribution in [1.82, 2.24) is 0 Å². The molecule has 0 heterocycles. The number of hydrogen-bond acceptors (Lipinski definition) is 4. The van der Waals surface area contributed by atoms with Crippen LogP contribution in [-0.4, -0.2) is 45.9 Å². The van der Waals surface area contributed by atoms with Crippen LogP contribution >= 0.6 is 0 Å². The predicted molar refractivity (Wildman–Crippen MR) is 90.6 cm³/mol. The van der Waals surface area contributed by atoms with Gasteiger partial charge in [0.2, 0.25) is 5.91 Å². The normalized spacial score (nSPS) is 10.5. The van der Waals surface area contributed by atoms with Gasteiger partial charge in [-0.2, -0.15) is 0 Å². The highest BCUT2D eigenvalue weighted by molar-refractivity contribution is 5.90. The summed E-state index contributed by atoms with van der Waals surface area (Å²) < 4.78 is 10.2. The summed E-state index contributed by atoms with van der Waals surface area (Å²) >= 11 is 0. The van der Waals surface area contributed by atoms with E-state index < -0.39 is 0 Å². The molecular weight excluding hydrogens is 280 g/mol. The summed E-state index contributed by atoms with van der Waals surface area (Å²) in [4.78, 5) is 14.1. The number of nitrogens with zero attached hydrogens (tertiary/aromatic N) is 1. The highest BCUT2D eigenvalue weighted by atomic mass is 16.5. The van der Waals surface area contributed by atoms with Gasteiger partial charge >= 0.3 is 0 Å². The number of anilines is 2. The zero-order valence-corrected chi connectivity index (χ0v) is 13.9. The van der Waals surface area contributed by atoms with Crippen molar-refractivity contribution < 1.29 is 14.3 Å². The lowest BCUT2D eigenvalue weighted by molar-refractivity contribution is -0.116. The minimum atomic E-state index is 0.0194. The molecule has 0 aliphatic heterocycles. The lowest BCUT2D eigenvalue weighted by atomic mass is 10.2. The van der Waals surface area contributed by atoms with Crippen LogP contribution in [0.25, 0.3) is 0 Å². The fourth-order valence-electron chi connectivity index (χ4n) is 2.15. The molecule has 0 unspecified atom stereocenters. The molecule has 0 fully saturated rings. The van der Waals surface area contributed by atoms with E-state index >= 15 is 0 Å². The summed E-state index contributed by atoms with van der Waals surface area (Å²) in [6, 6.07) is 7.97. The van der Waals surface area contributed by atoms with Crippen LogP contribution in [0, 0.1) is 0 Å². The maximum Gasteiger partial charge on any atom is 0.224 e. The molecule has 1 N–H and O–H groups in total. The SMILES string of the molecule is CCN(CC)c1ccc(NC(=O)CCCOCCOC)cc1. The Morgan fingerprint density at radius 3 is 2.36 bits per heavy atom. The Labute approximate surface area is 133 Å². The molecule has 0 radical (unpaired) electrons. The number of carbonyl (C=O) groups excluding carboxylic acids is 1. The Bertz CT molecular complexity index is 416. The van der Waals surface area contributed by atoms with Crippen molar-refractivity contribution in [3.63, 3.8) is 0 Å². The first-order valence-corrected chi connectivity index (χ1v) is 7.92. The Hall–Kier alpha value is -1.59. The number of ether oxygens (including phenoxy) is 2. The van der Waals surface area contributed by atoms with Gasteiger partial charge in [0, 0.05) is 44.6 Å². The summed E-state index contributed by atoms with van der Waals surface area (Å²) in [5.74, 6) is 0.0194. The summed E-state index contributed by atoms with van der Waals surface area (Å²) in [6.07, 6.45) is 1.18. The number of rotatable bonds is 11. The number of methoxy groups -OCH3 is 1. The molecule has 0 aliphatic carbocycles. The van der Waals surface area contributed by atoms with Crippen LogP contribution in [0.1, 0.15) is 26.7 Å². The van der Waals surface area contributed by atoms with E-state index in [2.05, 4.69) is 24.1 Å². The fraction of sp³-hybridized carbons (Fsp3) is 0.588. The quantitative estimate of drug-likeness (QED) is 0.639. The van der Waals surface area contributed by atoms with Crippen LogP contribution in [-0.2, 0) is 14.3 Å². The van der Waals surface area contributed by atoms with Gasteiger partial charge in [0.15, 0.2) is 0 Å². The molecule has 5 heteroatoms. The molecule has 0 saturated heterocycles. The van der Waals surface area contributed by atoms with E-state index in [4.69, 9.17) is 9.47 Å². The molecule has 1 aromatic rings. The molecule has 0 atom stereocenters. The number of nitrogens with one attached hydrogen (secondary N) is 1. The lowest BCUT2D eigenvalue weighted by Gasteiger charge is -2.21. The van der Waals surface area contributed by atoms with Crippen LogP contribution in [0.4, 0.5) is 11.4 Å². The number of amides is 1. The van der Waals surface area contributed by atoms with Gasteiger partial charge in [0.25, 0.3) is 0 Å². The summed E-state index contributed by atoms with van der Waals surface area (Å²) in [5.41, 5.74) is 2.01. The van der Waals surface area contributed by atoms with Crippen molar-refractivity contribution in [2.24, 2.45) is 0 Å². The number of hydrogen-bond donors (Lipinski definition) is 1. The molecule has 0 bridgehead atoms. The first-order valence-electron chi connectivity index (χ1n) is 7.92. The van der Waals surface area contributed by atoms with Crippen molar-refractivity contribution >= 4 is 17.3 Å². The van der Waals surface area contributed by atoms with E-state index in [-0.39, 0.29) is 5.91 Å². The van der Waals surface area contributed by atoms with Gasteiger partial charge < -0.3 is 19.7 Å². The third-order valence-electron chi connectivity index (χ3n) is 3.40. The highest BCUT2D eigenvalue weighted by Gasteiger charge is 2.04. The van der Waals surface area contributed by atoms with Crippen LogP contribution in [0.5, 0.6) is 0 Å². The average molecular weight is 308 g/mol. The Kier molecular flexibility index (Phi) is 9.26. The van der Waals surface area contributed by atoms with Crippen LogP contribution in [0.3, 0.4) is 0 Å². The van der Waals surface area contributed by atoms with Gasteiger partial charge in [-0.05, 0) is 44.5 Å². The molecule has 0 spiro atoms. The Morgan fingerprint density at radius 2 is 1.77 bits per heavy atom. The topological polar surface area (TPSA) is 50.8 Å². The number of carbonyl (C=O) groups is 1. The van der Waals surface area contributed by atoms with E-state index in [1.54, 1.807) is 7.11 Å². The largest absolute Gasteiger partial charge is 0.382 e. The highest BCUT2D eigenvalue weighted by Crippen LogP contribution is 2.17. The van der Waals surface area contributed by atoms with E-state index in [1.807, 2.05) is 24.3 Å². The van der Waals surface area contributed by atoms with Crippen molar-refractivity contribution in [2.45, 2.75) is 26.7 Å². The molecule has 0 aromatic heterocycles. The summed E-state index contributed by atoms with van der Waals surface area (Å²) in [6.45, 7) is 7.96. The van der Waals surface area contributed by atoms with Gasteiger partial charge in [-0.25, -0.2) is 0 Å². The van der Waals surface area contributed by atoms with E-state index in [1.165, 1.54) is 5.69 Å². The second kappa shape index (κ2) is 11.0. The lowest BCUT2D eigenvalue weighted by Crippen LogP contribution is -2.21. The Morgan fingerprint density at radius 1 is 1.09 bits per heavy atom. The van der Waals surface area contributed by atoms with Crippen molar-refractivity contribution in [1.29, 1.82) is 0 Å². The van der Waals surface area contributed by atoms with Crippen molar-refractivity contribution in [2.75, 3.05) is 50.2 Å². The molecule has 1 amide bonds. The van der Waals surface area contributed by atoms with Gasteiger partial charge in [0.05, 0.1) is 13.2 Å². The smallest absolute Gasteiger partial charge is 0.224 e. The standard InChI is InChI=1S/C17H28N2O3/c1-4-19(5-2)16-10-8-15(9-11-16)18-17(20)7-6-12-22-14-13-21-3/h8-11H,4-7,12-14H2,1-3H3,(H,18,20). The zero-order valence-electron chi connectivity index (χ0n) is 13.9. The van der Waals surface area contributed by atoms with Gasteiger partial charge in [-0.15, -0.1) is 0 Å². The van der Waals surface area contributed by atoms with E-state index in [0.29, 0.717) is 32.7 Å². The first-order chi connectivity index (χ1) is 10.7. The monoisotopic (exact) mass is 308 g/mol. The van der Waals surface area contributed by atoms with Crippen LogP contribution in [0.2, 0.25) is 0 Å². The van der Waals surface area contributed by atoms with Crippen molar-refractivity contribution in [3.05, 3.63) is 24.3 Å². The summed E-state index contributed by atoms with van der Waals surface area (Å²) in [7, 11) is 1.64. The predicted octanol–water partition coefficient (Wildman–Crippen LogP) is 2.91. The second-order valence-corrected chi connectivity index (χ2v) is 4.98. The number of benzene rings is 1. The van der Waals surface area contributed by atoms with Crippen molar-refractivity contribution in [3.8, 4) is 0 Å². The average Bonchev–Trinajstić information content (AvgIpc) is 2.53. The minimum Gasteiger partial charge on any atom is -0.382 e. The van der Waals surface area contributed by atoms with Crippen LogP contribution in [0.15, 0.2) is 24.3 Å².